The molecular weight excluding hydrogens is 296 g/mol. The van der Waals surface area contributed by atoms with Crippen molar-refractivity contribution in [3.8, 4) is 0 Å². The molecular formula is C14H13ClN2O2S. The third-order valence-corrected chi connectivity index (χ3v) is 4.84. The number of halogens is 1. The average molecular weight is 309 g/mol. The Morgan fingerprint density at radius 2 is 1.85 bits per heavy atom. The third-order valence-electron chi connectivity index (χ3n) is 3.19. The summed E-state index contributed by atoms with van der Waals surface area (Å²) < 4.78 is 27.1. The number of hydrogen-bond donors (Lipinski definition) is 2. The van der Waals surface area contributed by atoms with Gasteiger partial charge in [-0.2, -0.15) is 0 Å². The highest BCUT2D eigenvalue weighted by Gasteiger charge is 2.16. The summed E-state index contributed by atoms with van der Waals surface area (Å²) in [7, 11) is -3.58. The van der Waals surface area contributed by atoms with Gasteiger partial charge in [0, 0.05) is 22.9 Å². The second-order valence-electron chi connectivity index (χ2n) is 4.61. The summed E-state index contributed by atoms with van der Waals surface area (Å²) in [6, 6.07) is 11.6. The van der Waals surface area contributed by atoms with Crippen molar-refractivity contribution in [3.05, 3.63) is 53.1 Å². The van der Waals surface area contributed by atoms with Gasteiger partial charge >= 0.3 is 0 Å². The van der Waals surface area contributed by atoms with Crippen LogP contribution in [0.2, 0.25) is 5.02 Å². The fourth-order valence-corrected chi connectivity index (χ4v) is 3.37. The summed E-state index contributed by atoms with van der Waals surface area (Å²) in [5.74, 6) is 0. The lowest BCUT2D eigenvalue weighted by Gasteiger charge is -2.09. The molecule has 0 amide bonds. The molecule has 1 aliphatic rings. The maximum atomic E-state index is 12.2. The minimum absolute atomic E-state index is 0.195. The van der Waals surface area contributed by atoms with Crippen molar-refractivity contribution in [3.63, 3.8) is 0 Å². The first-order valence-corrected chi connectivity index (χ1v) is 8.06. The Hall–Kier alpha value is -1.72. The lowest BCUT2D eigenvalue weighted by molar-refractivity contribution is 0.601. The second kappa shape index (κ2) is 5.00. The van der Waals surface area contributed by atoms with E-state index in [1.807, 2.05) is 12.1 Å². The fourth-order valence-electron chi connectivity index (χ4n) is 2.20. The number of hydrogen-bond acceptors (Lipinski definition) is 3. The van der Waals surface area contributed by atoms with Gasteiger partial charge in [-0.05, 0) is 54.4 Å². The van der Waals surface area contributed by atoms with Gasteiger partial charge in [-0.3, -0.25) is 4.72 Å². The third kappa shape index (κ3) is 2.59. The summed E-state index contributed by atoms with van der Waals surface area (Å²) in [5.41, 5.74) is 2.77. The molecule has 0 unspecified atom stereocenters. The van der Waals surface area contributed by atoms with E-state index in [4.69, 9.17) is 11.6 Å². The van der Waals surface area contributed by atoms with E-state index >= 15 is 0 Å². The van der Waals surface area contributed by atoms with Gasteiger partial charge in [0.2, 0.25) is 0 Å². The van der Waals surface area contributed by atoms with Gasteiger partial charge in [0.15, 0.2) is 0 Å². The summed E-state index contributed by atoms with van der Waals surface area (Å²) in [6.07, 6.45) is 0.909. The van der Waals surface area contributed by atoms with Crippen molar-refractivity contribution >= 4 is 33.0 Å². The van der Waals surface area contributed by atoms with Crippen molar-refractivity contribution in [1.82, 2.24) is 0 Å². The molecule has 0 saturated heterocycles. The number of anilines is 2. The molecule has 2 aromatic rings. The van der Waals surface area contributed by atoms with E-state index in [1.165, 1.54) is 12.1 Å². The maximum Gasteiger partial charge on any atom is 0.261 e. The van der Waals surface area contributed by atoms with E-state index in [2.05, 4.69) is 10.0 Å². The van der Waals surface area contributed by atoms with Crippen LogP contribution in [0.3, 0.4) is 0 Å². The Morgan fingerprint density at radius 3 is 2.60 bits per heavy atom. The van der Waals surface area contributed by atoms with Gasteiger partial charge in [0.05, 0.1) is 4.90 Å². The zero-order chi connectivity index (χ0) is 14.2. The molecule has 0 radical (unpaired) electrons. The minimum atomic E-state index is -3.58. The van der Waals surface area contributed by atoms with Crippen LogP contribution in [-0.2, 0) is 16.4 Å². The Balaban J connectivity index is 1.88. The highest BCUT2D eigenvalue weighted by molar-refractivity contribution is 7.92. The number of sulfonamides is 1. The SMILES string of the molecule is O=S(=O)(Nc1ccc2c(c1)CCN2)c1ccc(Cl)cc1. The molecule has 6 heteroatoms. The first-order chi connectivity index (χ1) is 9.54. The monoisotopic (exact) mass is 308 g/mol. The summed E-state index contributed by atoms with van der Waals surface area (Å²) in [6.45, 7) is 0.892. The van der Waals surface area contributed by atoms with E-state index in [1.54, 1.807) is 18.2 Å². The number of rotatable bonds is 3. The molecule has 0 aromatic heterocycles. The maximum absolute atomic E-state index is 12.2. The summed E-state index contributed by atoms with van der Waals surface area (Å²) >= 11 is 5.76. The highest BCUT2D eigenvalue weighted by Crippen LogP contribution is 2.26. The Morgan fingerprint density at radius 1 is 1.10 bits per heavy atom. The molecule has 0 atom stereocenters. The molecule has 0 spiro atoms. The zero-order valence-electron chi connectivity index (χ0n) is 10.6. The van der Waals surface area contributed by atoms with E-state index in [-0.39, 0.29) is 4.90 Å². The van der Waals surface area contributed by atoms with Crippen molar-refractivity contribution in [1.29, 1.82) is 0 Å². The molecule has 0 bridgehead atoms. The summed E-state index contributed by atoms with van der Waals surface area (Å²) in [5, 5.41) is 3.74. The normalized spacial score (nSPS) is 13.7. The lowest BCUT2D eigenvalue weighted by atomic mass is 10.1. The first-order valence-electron chi connectivity index (χ1n) is 6.20. The molecule has 0 saturated carbocycles. The van der Waals surface area contributed by atoms with Crippen LogP contribution in [-0.4, -0.2) is 15.0 Å². The Kier molecular flexibility index (Phi) is 3.31. The molecule has 3 rings (SSSR count). The smallest absolute Gasteiger partial charge is 0.261 e. The van der Waals surface area contributed by atoms with E-state index < -0.39 is 10.0 Å². The van der Waals surface area contributed by atoms with E-state index in [9.17, 15) is 8.42 Å². The minimum Gasteiger partial charge on any atom is -0.384 e. The van der Waals surface area contributed by atoms with Crippen LogP contribution in [0.25, 0.3) is 0 Å². The largest absolute Gasteiger partial charge is 0.384 e. The van der Waals surface area contributed by atoms with Crippen molar-refractivity contribution in [2.75, 3.05) is 16.6 Å². The predicted molar refractivity (Wildman–Crippen MR) is 80.9 cm³/mol. The van der Waals surface area contributed by atoms with Crippen molar-refractivity contribution < 1.29 is 8.42 Å². The van der Waals surface area contributed by atoms with Crippen molar-refractivity contribution in [2.45, 2.75) is 11.3 Å². The van der Waals surface area contributed by atoms with Gasteiger partial charge in [0.1, 0.15) is 0 Å². The molecule has 104 valence electrons. The van der Waals surface area contributed by atoms with Gasteiger partial charge < -0.3 is 5.32 Å². The molecule has 0 fully saturated rings. The quantitative estimate of drug-likeness (QED) is 0.916. The first kappa shape index (κ1) is 13.3. The fraction of sp³-hybridized carbons (Fsp3) is 0.143. The van der Waals surface area contributed by atoms with Crippen LogP contribution in [0.15, 0.2) is 47.4 Å². The predicted octanol–water partition coefficient (Wildman–Crippen LogP) is 3.11. The van der Waals surface area contributed by atoms with Crippen LogP contribution in [0.4, 0.5) is 11.4 Å². The number of benzene rings is 2. The molecule has 2 N–H and O–H groups in total. The molecule has 20 heavy (non-hydrogen) atoms. The van der Waals surface area contributed by atoms with E-state index in [0.29, 0.717) is 10.7 Å². The molecule has 1 aliphatic heterocycles. The average Bonchev–Trinajstić information content (AvgIpc) is 2.86. The van der Waals surface area contributed by atoms with Gasteiger partial charge in [0.25, 0.3) is 10.0 Å². The Labute approximate surface area is 122 Å². The van der Waals surface area contributed by atoms with Crippen LogP contribution in [0.1, 0.15) is 5.56 Å². The molecule has 2 aromatic carbocycles. The van der Waals surface area contributed by atoms with Gasteiger partial charge in [-0.1, -0.05) is 11.6 Å². The lowest BCUT2D eigenvalue weighted by Crippen LogP contribution is -2.12. The van der Waals surface area contributed by atoms with Crippen molar-refractivity contribution in [2.24, 2.45) is 0 Å². The number of fused-ring (bicyclic) bond motifs is 1. The van der Waals surface area contributed by atoms with Crippen LogP contribution in [0.5, 0.6) is 0 Å². The summed E-state index contributed by atoms with van der Waals surface area (Å²) in [4.78, 5) is 0.195. The topological polar surface area (TPSA) is 58.2 Å². The van der Waals surface area contributed by atoms with Gasteiger partial charge in [-0.15, -0.1) is 0 Å². The number of nitrogens with one attached hydrogen (secondary N) is 2. The second-order valence-corrected chi connectivity index (χ2v) is 6.73. The van der Waals surface area contributed by atoms with Crippen LogP contribution in [0, 0.1) is 0 Å². The Bertz CT molecular complexity index is 742. The van der Waals surface area contributed by atoms with Crippen LogP contribution < -0.4 is 10.0 Å². The van der Waals surface area contributed by atoms with Gasteiger partial charge in [-0.25, -0.2) is 8.42 Å². The molecule has 1 heterocycles. The van der Waals surface area contributed by atoms with E-state index in [0.717, 1.165) is 24.2 Å². The highest BCUT2D eigenvalue weighted by atomic mass is 35.5. The molecule has 0 aliphatic carbocycles. The zero-order valence-corrected chi connectivity index (χ0v) is 12.1. The molecule has 4 nitrogen and oxygen atoms in total. The standard InChI is InChI=1S/C14H13ClN2O2S/c15-11-1-4-13(5-2-11)20(18,19)17-12-3-6-14-10(9-12)7-8-16-14/h1-6,9,16-17H,7-8H2. The van der Waals surface area contributed by atoms with Crippen LogP contribution >= 0.6 is 11.6 Å².